The van der Waals surface area contributed by atoms with Crippen molar-refractivity contribution in [1.82, 2.24) is 4.98 Å². The molecule has 0 saturated carbocycles. The summed E-state index contributed by atoms with van der Waals surface area (Å²) < 4.78 is 5.23. The summed E-state index contributed by atoms with van der Waals surface area (Å²) in [7, 11) is 0. The van der Waals surface area contributed by atoms with Gasteiger partial charge in [-0.2, -0.15) is 0 Å². The number of hydrogen-bond acceptors (Lipinski definition) is 4. The predicted molar refractivity (Wildman–Crippen MR) is 53.6 cm³/mol. The van der Waals surface area contributed by atoms with E-state index in [1.165, 1.54) is 0 Å². The third-order valence-electron chi connectivity index (χ3n) is 1.94. The summed E-state index contributed by atoms with van der Waals surface area (Å²) in [4.78, 5) is 14.4. The van der Waals surface area contributed by atoms with Gasteiger partial charge >= 0.3 is 5.97 Å². The molecule has 0 aliphatic carbocycles. The average Bonchev–Trinajstić information content (AvgIpc) is 2.28. The van der Waals surface area contributed by atoms with Crippen LogP contribution < -0.4 is 0 Å². The molecule has 14 heavy (non-hydrogen) atoms. The second-order valence-corrected chi connectivity index (χ2v) is 3.79. The molecule has 0 amide bonds. The Balaban J connectivity index is 2.59. The second-order valence-electron chi connectivity index (χ2n) is 3.41. The van der Waals surface area contributed by atoms with Crippen molar-refractivity contribution in [1.29, 1.82) is 0 Å². The van der Waals surface area contributed by atoms with E-state index in [0.29, 0.717) is 11.6 Å². The maximum Gasteiger partial charge on any atom is 0.303 e. The van der Waals surface area contributed by atoms with Crippen molar-refractivity contribution in [2.45, 2.75) is 31.9 Å². The number of aromatic nitrogens is 1. The van der Waals surface area contributed by atoms with Crippen LogP contribution in [0, 0.1) is 12.8 Å². The maximum atomic E-state index is 10.4. The smallest absolute Gasteiger partial charge is 0.303 e. The van der Waals surface area contributed by atoms with Crippen LogP contribution in [0.25, 0.3) is 0 Å². The molecule has 0 fully saturated rings. The highest BCUT2D eigenvalue weighted by molar-refractivity contribution is 7.80. The van der Waals surface area contributed by atoms with Crippen LogP contribution in [0.3, 0.4) is 0 Å². The topological polar surface area (TPSA) is 63.3 Å². The molecule has 1 N–H and O–H groups in total. The molecule has 5 heteroatoms. The highest BCUT2D eigenvalue weighted by atomic mass is 32.1. The van der Waals surface area contributed by atoms with Crippen molar-refractivity contribution >= 4 is 18.6 Å². The van der Waals surface area contributed by atoms with Gasteiger partial charge in [0.15, 0.2) is 0 Å². The van der Waals surface area contributed by atoms with Gasteiger partial charge in [-0.05, 0) is 12.8 Å². The van der Waals surface area contributed by atoms with Gasteiger partial charge in [-0.1, -0.05) is 19.6 Å². The first-order chi connectivity index (χ1) is 6.49. The Kier molecular flexibility index (Phi) is 3.57. The normalized spacial score (nSPS) is 12.8. The third-order valence-corrected chi connectivity index (χ3v) is 2.13. The number of aryl methyl sites for hydroxylation is 1. The molecule has 1 rings (SSSR count). The molecule has 0 aromatic carbocycles. The number of oxazole rings is 1. The lowest BCUT2D eigenvalue weighted by atomic mass is 10.0. The summed E-state index contributed by atoms with van der Waals surface area (Å²) in [5, 5.41) is 8.91. The number of hydrogen-bond donors (Lipinski definition) is 2. The lowest BCUT2D eigenvalue weighted by Crippen LogP contribution is -2.07. The summed E-state index contributed by atoms with van der Waals surface area (Å²) >= 11 is 3.97. The van der Waals surface area contributed by atoms with Gasteiger partial charge in [-0.25, -0.2) is 4.98 Å². The fraction of sp³-hybridized carbons (Fsp3) is 0.556. The molecule has 0 bridgehead atoms. The highest BCUT2D eigenvalue weighted by Crippen LogP contribution is 2.18. The van der Waals surface area contributed by atoms with Crippen molar-refractivity contribution < 1.29 is 14.3 Å². The van der Waals surface area contributed by atoms with Crippen LogP contribution >= 0.6 is 12.6 Å². The van der Waals surface area contributed by atoms with Crippen molar-refractivity contribution in [3.8, 4) is 0 Å². The van der Waals surface area contributed by atoms with E-state index in [4.69, 9.17) is 9.52 Å². The molecule has 0 saturated heterocycles. The number of rotatable bonds is 4. The van der Waals surface area contributed by atoms with Crippen LogP contribution in [0.5, 0.6) is 0 Å². The summed E-state index contributed by atoms with van der Waals surface area (Å²) in [5.74, 6) is -0.0172. The van der Waals surface area contributed by atoms with Crippen molar-refractivity contribution in [2.75, 3.05) is 0 Å². The Bertz CT molecular complexity index is 335. The van der Waals surface area contributed by atoms with Crippen molar-refractivity contribution in [3.05, 3.63) is 11.5 Å². The van der Waals surface area contributed by atoms with Crippen LogP contribution in [-0.2, 0) is 11.2 Å². The molecular formula is C9H13NO3S. The molecule has 1 heterocycles. The number of carboxylic acids is 1. The van der Waals surface area contributed by atoms with Crippen LogP contribution in [-0.4, -0.2) is 16.1 Å². The van der Waals surface area contributed by atoms with Crippen molar-refractivity contribution in [3.63, 3.8) is 0 Å². The van der Waals surface area contributed by atoms with Crippen molar-refractivity contribution in [2.24, 2.45) is 5.92 Å². The van der Waals surface area contributed by atoms with E-state index in [9.17, 15) is 4.79 Å². The number of nitrogens with zero attached hydrogens (tertiary/aromatic N) is 1. The molecule has 1 unspecified atom stereocenters. The quantitative estimate of drug-likeness (QED) is 0.753. The lowest BCUT2D eigenvalue weighted by molar-refractivity contribution is -0.137. The van der Waals surface area contributed by atoms with Crippen LogP contribution in [0.2, 0.25) is 0 Å². The summed E-state index contributed by atoms with van der Waals surface area (Å²) in [6.07, 6.45) is 0.730. The molecule has 0 aliphatic heterocycles. The van der Waals surface area contributed by atoms with E-state index in [1.54, 1.807) is 0 Å². The number of thiol groups is 1. The highest BCUT2D eigenvalue weighted by Gasteiger charge is 2.14. The second kappa shape index (κ2) is 4.50. The number of carbonyl (C=O) groups is 1. The van der Waals surface area contributed by atoms with E-state index in [1.807, 2.05) is 13.8 Å². The molecule has 0 radical (unpaired) electrons. The van der Waals surface area contributed by atoms with Crippen LogP contribution in [0.15, 0.2) is 9.64 Å². The Morgan fingerprint density at radius 1 is 1.71 bits per heavy atom. The standard InChI is InChI=1S/C9H13NO3S/c1-5(4-8(11)12)3-7-6(2)10-9(14)13-7/h5H,3-4H2,1-2H3,(H,10,14)(H,11,12). The molecule has 78 valence electrons. The van der Waals surface area contributed by atoms with Crippen LogP contribution in [0.4, 0.5) is 0 Å². The van der Waals surface area contributed by atoms with E-state index in [2.05, 4.69) is 17.6 Å². The maximum absolute atomic E-state index is 10.4. The van der Waals surface area contributed by atoms with E-state index in [-0.39, 0.29) is 12.3 Å². The zero-order valence-corrected chi connectivity index (χ0v) is 9.04. The molecule has 0 aliphatic rings. The first kappa shape index (κ1) is 11.1. The first-order valence-corrected chi connectivity index (χ1v) is 4.80. The third kappa shape index (κ3) is 3.06. The summed E-state index contributed by atoms with van der Waals surface area (Å²) in [6.45, 7) is 3.69. The molecule has 1 aromatic rings. The van der Waals surface area contributed by atoms with Crippen LogP contribution in [0.1, 0.15) is 24.8 Å². The van der Waals surface area contributed by atoms with Gasteiger partial charge in [0.05, 0.1) is 5.69 Å². The fourth-order valence-electron chi connectivity index (χ4n) is 1.29. The van der Waals surface area contributed by atoms with E-state index in [0.717, 1.165) is 11.5 Å². The first-order valence-electron chi connectivity index (χ1n) is 4.36. The number of carboxylic acid groups (broad SMARTS) is 1. The Labute approximate surface area is 87.7 Å². The summed E-state index contributed by atoms with van der Waals surface area (Å²) in [6, 6.07) is 0. The Morgan fingerprint density at radius 3 is 2.79 bits per heavy atom. The zero-order valence-electron chi connectivity index (χ0n) is 8.15. The Hall–Kier alpha value is -0.970. The van der Waals surface area contributed by atoms with Gasteiger partial charge in [0.2, 0.25) is 0 Å². The molecular weight excluding hydrogens is 202 g/mol. The van der Waals surface area contributed by atoms with Gasteiger partial charge in [-0.3, -0.25) is 4.79 Å². The SMILES string of the molecule is Cc1nc(S)oc1CC(C)CC(=O)O. The van der Waals surface area contributed by atoms with Gasteiger partial charge in [0.1, 0.15) is 5.76 Å². The van der Waals surface area contributed by atoms with E-state index < -0.39 is 5.97 Å². The Morgan fingerprint density at radius 2 is 2.36 bits per heavy atom. The van der Waals surface area contributed by atoms with Gasteiger partial charge in [0, 0.05) is 12.8 Å². The molecule has 1 aromatic heterocycles. The average molecular weight is 215 g/mol. The predicted octanol–water partition coefficient (Wildman–Crippen LogP) is 1.93. The van der Waals surface area contributed by atoms with Gasteiger partial charge < -0.3 is 9.52 Å². The minimum absolute atomic E-state index is 0.0480. The zero-order chi connectivity index (χ0) is 10.7. The lowest BCUT2D eigenvalue weighted by Gasteiger charge is -2.05. The minimum Gasteiger partial charge on any atom is -0.481 e. The van der Waals surface area contributed by atoms with E-state index >= 15 is 0 Å². The summed E-state index contributed by atoms with van der Waals surface area (Å²) in [5.41, 5.74) is 0.784. The van der Waals surface area contributed by atoms with Gasteiger partial charge in [-0.15, -0.1) is 0 Å². The van der Waals surface area contributed by atoms with Gasteiger partial charge in [0.25, 0.3) is 5.22 Å². The monoisotopic (exact) mass is 215 g/mol. The fourth-order valence-corrected chi connectivity index (χ4v) is 1.55. The largest absolute Gasteiger partial charge is 0.481 e. The minimum atomic E-state index is -0.791. The molecule has 0 spiro atoms. The number of aliphatic carboxylic acids is 1. The molecule has 4 nitrogen and oxygen atoms in total. The molecule has 1 atom stereocenters.